The van der Waals surface area contributed by atoms with Gasteiger partial charge in [-0.1, -0.05) is 0 Å². The predicted octanol–water partition coefficient (Wildman–Crippen LogP) is 0.641. The Kier molecular flexibility index (Phi) is 1.70. The molecular formula is C8H9N5. The van der Waals surface area contributed by atoms with Crippen molar-refractivity contribution >= 4 is 16.9 Å². The number of aromatic nitrogens is 3. The van der Waals surface area contributed by atoms with Crippen LogP contribution in [0, 0.1) is 0 Å². The Bertz CT molecular complexity index is 423. The fraction of sp³-hybridized carbons (Fsp3) is 0.125. The molecule has 13 heavy (non-hydrogen) atoms. The molecule has 0 amide bonds. The number of nitrogens with zero attached hydrogens (tertiary/aromatic N) is 3. The van der Waals surface area contributed by atoms with Gasteiger partial charge in [-0.05, 0) is 19.1 Å². The van der Waals surface area contributed by atoms with Gasteiger partial charge in [-0.2, -0.15) is 5.10 Å². The van der Waals surface area contributed by atoms with Gasteiger partial charge < -0.3 is 10.8 Å². The highest BCUT2D eigenvalue weighted by molar-refractivity contribution is 5.97. The van der Waals surface area contributed by atoms with Crippen molar-refractivity contribution in [1.29, 1.82) is 0 Å². The van der Waals surface area contributed by atoms with Crippen molar-refractivity contribution in [2.45, 2.75) is 6.92 Å². The lowest BCUT2D eigenvalue weighted by atomic mass is 10.4. The molecule has 66 valence electrons. The highest BCUT2D eigenvalue weighted by atomic mass is 15.1. The van der Waals surface area contributed by atoms with Crippen molar-refractivity contribution in [3.05, 3.63) is 24.2 Å². The number of H-pyrrole nitrogens is 1. The van der Waals surface area contributed by atoms with E-state index in [0.29, 0.717) is 17.2 Å². The zero-order valence-corrected chi connectivity index (χ0v) is 7.15. The molecule has 5 heteroatoms. The van der Waals surface area contributed by atoms with Gasteiger partial charge >= 0.3 is 0 Å². The second-order valence-corrected chi connectivity index (χ2v) is 2.67. The van der Waals surface area contributed by atoms with Crippen LogP contribution >= 0.6 is 0 Å². The van der Waals surface area contributed by atoms with Crippen LogP contribution in [0.1, 0.15) is 12.7 Å². The molecule has 2 heterocycles. The highest BCUT2D eigenvalue weighted by Gasteiger charge is 2.04. The average Bonchev–Trinajstić information content (AvgIpc) is 2.59. The molecule has 0 aromatic carbocycles. The topological polar surface area (TPSA) is 79.9 Å². The molecule has 0 unspecified atom stereocenters. The van der Waals surface area contributed by atoms with Crippen molar-refractivity contribution in [3.63, 3.8) is 0 Å². The average molecular weight is 175 g/mol. The van der Waals surface area contributed by atoms with Gasteiger partial charge in [-0.3, -0.25) is 0 Å². The summed E-state index contributed by atoms with van der Waals surface area (Å²) >= 11 is 0. The van der Waals surface area contributed by atoms with Gasteiger partial charge in [0.15, 0.2) is 11.5 Å². The van der Waals surface area contributed by atoms with E-state index < -0.39 is 0 Å². The summed E-state index contributed by atoms with van der Waals surface area (Å²) in [5.41, 5.74) is 2.24. The van der Waals surface area contributed by atoms with Crippen molar-refractivity contribution in [3.8, 4) is 0 Å². The first-order valence-electron chi connectivity index (χ1n) is 3.87. The Morgan fingerprint density at radius 1 is 1.62 bits per heavy atom. The quantitative estimate of drug-likeness (QED) is 0.379. The molecule has 2 rings (SSSR count). The zero-order chi connectivity index (χ0) is 9.26. The van der Waals surface area contributed by atoms with Crippen LogP contribution in [0.5, 0.6) is 0 Å². The minimum Gasteiger partial charge on any atom is -0.336 e. The lowest BCUT2D eigenvalue weighted by Crippen LogP contribution is -2.00. The number of imidazole rings is 1. The number of hydrogen-bond donors (Lipinski definition) is 2. The van der Waals surface area contributed by atoms with Gasteiger partial charge in [0.1, 0.15) is 0 Å². The number of fused-ring (bicyclic) bond motifs is 1. The molecule has 2 aromatic rings. The number of nitrogens with one attached hydrogen (secondary N) is 1. The van der Waals surface area contributed by atoms with E-state index in [1.54, 1.807) is 13.1 Å². The second-order valence-electron chi connectivity index (χ2n) is 2.67. The summed E-state index contributed by atoms with van der Waals surface area (Å²) in [6.07, 6.45) is 1.70. The molecule has 0 aliphatic carbocycles. The second kappa shape index (κ2) is 2.85. The Balaban J connectivity index is 2.62. The van der Waals surface area contributed by atoms with Crippen LogP contribution in [-0.4, -0.2) is 20.7 Å². The van der Waals surface area contributed by atoms with Crippen molar-refractivity contribution < 1.29 is 0 Å². The van der Waals surface area contributed by atoms with Crippen LogP contribution < -0.4 is 5.84 Å². The highest BCUT2D eigenvalue weighted by Crippen LogP contribution is 2.07. The molecule has 0 aliphatic heterocycles. The fourth-order valence-electron chi connectivity index (χ4n) is 1.08. The molecule has 0 spiro atoms. The molecule has 2 aromatic heterocycles. The molecule has 0 fully saturated rings. The fourth-order valence-corrected chi connectivity index (χ4v) is 1.08. The summed E-state index contributed by atoms with van der Waals surface area (Å²) in [5, 5.41) is 3.55. The zero-order valence-electron chi connectivity index (χ0n) is 7.15. The third-order valence-corrected chi connectivity index (χ3v) is 1.79. The van der Waals surface area contributed by atoms with Gasteiger partial charge in [0.05, 0.1) is 11.2 Å². The van der Waals surface area contributed by atoms with Crippen LogP contribution in [-0.2, 0) is 0 Å². The summed E-state index contributed by atoms with van der Waals surface area (Å²) < 4.78 is 0. The number of nitrogens with two attached hydrogens (primary N) is 1. The van der Waals surface area contributed by atoms with E-state index in [4.69, 9.17) is 5.84 Å². The van der Waals surface area contributed by atoms with E-state index in [1.807, 2.05) is 12.1 Å². The van der Waals surface area contributed by atoms with Crippen LogP contribution in [0.3, 0.4) is 0 Å². The largest absolute Gasteiger partial charge is 0.336 e. The van der Waals surface area contributed by atoms with Gasteiger partial charge in [0, 0.05) is 6.20 Å². The molecule has 0 bridgehead atoms. The maximum absolute atomic E-state index is 5.13. The molecule has 0 saturated heterocycles. The molecular weight excluding hydrogens is 166 g/mol. The number of hydrazone groups is 1. The summed E-state index contributed by atoms with van der Waals surface area (Å²) in [6, 6.07) is 3.75. The van der Waals surface area contributed by atoms with Crippen molar-refractivity contribution in [2.24, 2.45) is 10.9 Å². The Labute approximate surface area is 74.7 Å². The number of hydrogen-bond acceptors (Lipinski definition) is 4. The maximum Gasteiger partial charge on any atom is 0.178 e. The summed E-state index contributed by atoms with van der Waals surface area (Å²) in [6.45, 7) is 1.79. The first kappa shape index (κ1) is 7.72. The molecule has 0 radical (unpaired) electrons. The number of aromatic amines is 1. The van der Waals surface area contributed by atoms with Crippen LogP contribution in [0.25, 0.3) is 11.2 Å². The summed E-state index contributed by atoms with van der Waals surface area (Å²) in [4.78, 5) is 11.3. The third kappa shape index (κ3) is 1.24. The molecule has 0 aliphatic rings. The number of rotatable bonds is 1. The lowest BCUT2D eigenvalue weighted by molar-refractivity contribution is 1.19. The van der Waals surface area contributed by atoms with Gasteiger partial charge in [0.25, 0.3) is 0 Å². The maximum atomic E-state index is 5.13. The van der Waals surface area contributed by atoms with Crippen molar-refractivity contribution in [2.75, 3.05) is 0 Å². The molecule has 5 nitrogen and oxygen atoms in total. The van der Waals surface area contributed by atoms with Gasteiger partial charge in [-0.15, -0.1) is 0 Å². The standard InChI is InChI=1S/C8H9N5/c1-5(13-9)7-11-6-3-2-4-10-8(6)12-7/h2-4H,9H2,1H3,(H,10,11,12)/b13-5-. The first-order valence-corrected chi connectivity index (χ1v) is 3.87. The van der Waals surface area contributed by atoms with Crippen LogP contribution in [0.15, 0.2) is 23.4 Å². The monoisotopic (exact) mass is 175 g/mol. The Morgan fingerprint density at radius 3 is 3.15 bits per heavy atom. The van der Waals surface area contributed by atoms with E-state index in [0.717, 1.165) is 5.52 Å². The van der Waals surface area contributed by atoms with E-state index in [-0.39, 0.29) is 0 Å². The van der Waals surface area contributed by atoms with Gasteiger partial charge in [0.2, 0.25) is 0 Å². The first-order chi connectivity index (χ1) is 6.31. The number of pyridine rings is 1. The molecule has 3 N–H and O–H groups in total. The lowest BCUT2D eigenvalue weighted by Gasteiger charge is -1.88. The molecule has 0 atom stereocenters. The van der Waals surface area contributed by atoms with E-state index >= 15 is 0 Å². The normalized spacial score (nSPS) is 12.2. The van der Waals surface area contributed by atoms with E-state index in [2.05, 4.69) is 20.1 Å². The Morgan fingerprint density at radius 2 is 2.46 bits per heavy atom. The minimum atomic E-state index is 0.663. The minimum absolute atomic E-state index is 0.663. The summed E-state index contributed by atoms with van der Waals surface area (Å²) in [5.74, 6) is 5.80. The van der Waals surface area contributed by atoms with E-state index in [9.17, 15) is 0 Å². The Hall–Kier alpha value is -1.91. The van der Waals surface area contributed by atoms with Crippen LogP contribution in [0.4, 0.5) is 0 Å². The SMILES string of the molecule is C/C(=N/N)c1nc2ncccc2[nH]1. The van der Waals surface area contributed by atoms with Gasteiger partial charge in [-0.25, -0.2) is 9.97 Å². The van der Waals surface area contributed by atoms with Crippen LogP contribution in [0.2, 0.25) is 0 Å². The summed E-state index contributed by atoms with van der Waals surface area (Å²) in [7, 11) is 0. The third-order valence-electron chi connectivity index (χ3n) is 1.79. The predicted molar refractivity (Wildman–Crippen MR) is 50.3 cm³/mol. The van der Waals surface area contributed by atoms with E-state index in [1.165, 1.54) is 0 Å². The molecule has 0 saturated carbocycles. The van der Waals surface area contributed by atoms with Crippen molar-refractivity contribution in [1.82, 2.24) is 15.0 Å². The smallest absolute Gasteiger partial charge is 0.178 e.